The van der Waals surface area contributed by atoms with Crippen LogP contribution in [-0.2, 0) is 0 Å². The van der Waals surface area contributed by atoms with E-state index in [2.05, 4.69) is 45.7 Å². The minimum Gasteiger partial charge on any atom is -0.440 e. The van der Waals surface area contributed by atoms with Crippen LogP contribution in [0.3, 0.4) is 0 Å². The number of fused-ring (bicyclic) bond motifs is 1. The predicted molar refractivity (Wildman–Crippen MR) is 126 cm³/mol. The Balaban J connectivity index is 1.96. The minimum atomic E-state index is 0.850. The first-order valence-corrected chi connectivity index (χ1v) is 14.2. The maximum Gasteiger partial charge on any atom is 0.185 e. The van der Waals surface area contributed by atoms with Crippen LogP contribution in [0.4, 0.5) is 0 Å². The van der Waals surface area contributed by atoms with Gasteiger partial charge < -0.3 is 4.42 Å². The van der Waals surface area contributed by atoms with Gasteiger partial charge in [-0.1, -0.05) is 75.9 Å². The largest absolute Gasteiger partial charge is 0.440 e. The van der Waals surface area contributed by atoms with Gasteiger partial charge in [-0.05, 0) is 56.2 Å². The van der Waals surface area contributed by atoms with E-state index in [1.54, 1.807) is 0 Å². The van der Waals surface area contributed by atoms with E-state index in [1.165, 1.54) is 81.1 Å². The Bertz CT molecular complexity index is 525. The molecule has 1 nitrogen and oxygen atoms in total. The Morgan fingerprint density at radius 1 is 0.720 bits per heavy atom. The van der Waals surface area contributed by atoms with Crippen LogP contribution in [0.25, 0.3) is 0 Å². The summed E-state index contributed by atoms with van der Waals surface area (Å²) >= 11 is 14.9. The van der Waals surface area contributed by atoms with Crippen LogP contribution in [0.1, 0.15) is 65.2 Å². The summed E-state index contributed by atoms with van der Waals surface area (Å²) in [5.41, 5.74) is 0. The van der Waals surface area contributed by atoms with Gasteiger partial charge in [-0.2, -0.15) is 0 Å². The van der Waals surface area contributed by atoms with Gasteiger partial charge in [0.1, 0.15) is 0 Å². The van der Waals surface area contributed by atoms with Crippen molar-refractivity contribution >= 4 is 78.9 Å². The number of halogens is 2. The normalized spacial score (nSPS) is 14.2. The second-order valence-electron chi connectivity index (χ2n) is 5.91. The quantitative estimate of drug-likeness (QED) is 0.241. The summed E-state index contributed by atoms with van der Waals surface area (Å²) in [6.07, 6.45) is 10.6. The number of furan rings is 1. The van der Waals surface area contributed by atoms with Crippen molar-refractivity contribution in [2.24, 2.45) is 0 Å². The van der Waals surface area contributed by atoms with Gasteiger partial charge in [0.05, 0.1) is 18.3 Å². The molecule has 0 spiro atoms. The summed E-state index contributed by atoms with van der Waals surface area (Å²) in [5, 5.41) is 0. The molecule has 0 N–H and O–H groups in total. The van der Waals surface area contributed by atoms with Gasteiger partial charge in [-0.15, -0.1) is 23.5 Å². The van der Waals surface area contributed by atoms with Crippen molar-refractivity contribution < 1.29 is 4.42 Å². The molecule has 0 radical (unpaired) electrons. The fourth-order valence-electron chi connectivity index (χ4n) is 2.36. The summed E-state index contributed by atoms with van der Waals surface area (Å²) in [5.74, 6) is 2.43. The van der Waals surface area contributed by atoms with Crippen LogP contribution < -0.4 is 0 Å². The van der Waals surface area contributed by atoms with Gasteiger partial charge >= 0.3 is 0 Å². The van der Waals surface area contributed by atoms with Crippen LogP contribution in [0.5, 0.6) is 0 Å². The lowest BCUT2D eigenvalue weighted by molar-refractivity contribution is 0.506. The van der Waals surface area contributed by atoms with E-state index in [0.29, 0.717) is 0 Å². The Morgan fingerprint density at radius 2 is 1.16 bits per heavy atom. The average Bonchev–Trinajstić information content (AvgIpc) is 2.88. The molecule has 0 aromatic carbocycles. The molecule has 0 bridgehead atoms. The van der Waals surface area contributed by atoms with Gasteiger partial charge in [-0.3, -0.25) is 0 Å². The maximum absolute atomic E-state index is 5.73. The monoisotopic (exact) mass is 544 g/mol. The summed E-state index contributed by atoms with van der Waals surface area (Å²) < 4.78 is 10.3. The summed E-state index contributed by atoms with van der Waals surface area (Å²) in [6.45, 7) is 4.54. The highest BCUT2D eigenvalue weighted by atomic mass is 79.9. The van der Waals surface area contributed by atoms with Gasteiger partial charge in [0.2, 0.25) is 0 Å². The highest BCUT2D eigenvalue weighted by molar-refractivity contribution is 9.11. The van der Waals surface area contributed by atoms with Gasteiger partial charge in [0, 0.05) is 0 Å². The molecule has 0 saturated heterocycles. The molecule has 0 atom stereocenters. The smallest absolute Gasteiger partial charge is 0.185 e. The third kappa shape index (κ3) is 7.37. The molecule has 142 valence electrons. The van der Waals surface area contributed by atoms with E-state index in [1.807, 2.05) is 47.0 Å². The van der Waals surface area contributed by atoms with Crippen LogP contribution >= 0.6 is 78.9 Å². The number of hydrogen-bond acceptors (Lipinski definition) is 5. The number of rotatable bonds is 12. The minimum absolute atomic E-state index is 0.850. The fraction of sp³-hybridized carbons (Fsp3) is 0.667. The van der Waals surface area contributed by atoms with Gasteiger partial charge in [0.25, 0.3) is 0 Å². The van der Waals surface area contributed by atoms with E-state index < -0.39 is 0 Å². The first-order chi connectivity index (χ1) is 12.2. The third-order valence-corrected chi connectivity index (χ3v) is 11.1. The van der Waals surface area contributed by atoms with Crippen molar-refractivity contribution in [1.82, 2.24) is 0 Å². The summed E-state index contributed by atoms with van der Waals surface area (Å²) in [6, 6.07) is 0. The van der Waals surface area contributed by atoms with Crippen molar-refractivity contribution in [1.29, 1.82) is 0 Å². The lowest BCUT2D eigenvalue weighted by Crippen LogP contribution is -1.91. The molecular formula is C18H26Br2OS4. The second-order valence-corrected chi connectivity index (χ2v) is 12.1. The highest BCUT2D eigenvalue weighted by Crippen LogP contribution is 2.59. The third-order valence-electron chi connectivity index (χ3n) is 3.76. The van der Waals surface area contributed by atoms with E-state index in [9.17, 15) is 0 Å². The molecule has 25 heavy (non-hydrogen) atoms. The predicted octanol–water partition coefficient (Wildman–Crippen LogP) is 9.76. The van der Waals surface area contributed by atoms with Gasteiger partial charge in [-0.25, -0.2) is 0 Å². The Kier molecular flexibility index (Phi) is 11.6. The second kappa shape index (κ2) is 12.8. The van der Waals surface area contributed by atoms with Crippen LogP contribution in [0.15, 0.2) is 32.0 Å². The number of hydrogen-bond donors (Lipinski definition) is 0. The van der Waals surface area contributed by atoms with Crippen molar-refractivity contribution in [2.45, 2.75) is 75.0 Å². The van der Waals surface area contributed by atoms with Crippen LogP contribution in [0, 0.1) is 0 Å². The number of thioether (sulfide) groups is 4. The molecule has 7 heteroatoms. The summed E-state index contributed by atoms with van der Waals surface area (Å²) in [7, 11) is 0. The molecule has 0 saturated carbocycles. The van der Waals surface area contributed by atoms with Crippen LogP contribution in [0.2, 0.25) is 0 Å². The average molecular weight is 546 g/mol. The van der Waals surface area contributed by atoms with Crippen molar-refractivity contribution in [2.75, 3.05) is 11.5 Å². The lowest BCUT2D eigenvalue weighted by Gasteiger charge is -2.18. The number of unbranched alkanes of at least 4 members (excludes halogenated alkanes) is 6. The molecule has 2 rings (SSSR count). The SMILES string of the molecule is CCCCCCSC1=C(SCCCCCC)Sc2c(Br)oc(Br)c2S1. The Morgan fingerprint density at radius 3 is 1.56 bits per heavy atom. The first-order valence-electron chi connectivity index (χ1n) is 9.00. The standard InChI is InChI=1S/C18H26Br2OS4/c1-3-5-7-9-11-22-17-18(23-12-10-8-6-4-2)25-14-13(24-17)15(19)21-16(14)20/h3-12H2,1-2H3. The van der Waals surface area contributed by atoms with E-state index >= 15 is 0 Å². The van der Waals surface area contributed by atoms with E-state index in [-0.39, 0.29) is 0 Å². The Hall–Kier alpha value is 1.38. The zero-order chi connectivity index (χ0) is 18.1. The molecule has 1 aromatic rings. The molecule has 0 aliphatic carbocycles. The molecule has 0 fully saturated rings. The molecule has 1 aromatic heterocycles. The van der Waals surface area contributed by atoms with Crippen molar-refractivity contribution in [3.05, 3.63) is 17.8 Å². The van der Waals surface area contributed by atoms with Gasteiger partial charge in [0.15, 0.2) is 9.34 Å². The zero-order valence-electron chi connectivity index (χ0n) is 14.9. The molecule has 1 aliphatic heterocycles. The Labute approximate surface area is 186 Å². The first kappa shape index (κ1) is 22.7. The molecule has 1 aliphatic rings. The van der Waals surface area contributed by atoms with E-state index in [0.717, 1.165) is 9.34 Å². The highest BCUT2D eigenvalue weighted by Gasteiger charge is 2.28. The molecule has 2 heterocycles. The van der Waals surface area contributed by atoms with Crippen molar-refractivity contribution in [3.8, 4) is 0 Å². The fourth-order valence-corrected chi connectivity index (χ4v) is 9.43. The molecule has 0 unspecified atom stereocenters. The topological polar surface area (TPSA) is 13.1 Å². The van der Waals surface area contributed by atoms with Crippen molar-refractivity contribution in [3.63, 3.8) is 0 Å². The van der Waals surface area contributed by atoms with Crippen LogP contribution in [-0.4, -0.2) is 11.5 Å². The van der Waals surface area contributed by atoms with E-state index in [4.69, 9.17) is 4.42 Å². The summed E-state index contributed by atoms with van der Waals surface area (Å²) in [4.78, 5) is 2.45. The lowest BCUT2D eigenvalue weighted by atomic mass is 10.2. The zero-order valence-corrected chi connectivity index (χ0v) is 21.3. The molecular weight excluding hydrogens is 520 g/mol. The molecule has 0 amide bonds. The maximum atomic E-state index is 5.73.